The largest absolute Gasteiger partial charge is 0.460 e. The van der Waals surface area contributed by atoms with E-state index in [2.05, 4.69) is 15.9 Å². The average Bonchev–Trinajstić information content (AvgIpc) is 3.46. The molecule has 1 saturated heterocycles. The Labute approximate surface area is 283 Å². The van der Waals surface area contributed by atoms with Crippen molar-refractivity contribution in [1.82, 2.24) is 4.90 Å². The number of hydrogen-bond donors (Lipinski definition) is 0. The van der Waals surface area contributed by atoms with Gasteiger partial charge in [0.1, 0.15) is 10.3 Å². The summed E-state index contributed by atoms with van der Waals surface area (Å²) in [5.41, 5.74) is -9.25. The van der Waals surface area contributed by atoms with Gasteiger partial charge in [0.05, 0.1) is 10.8 Å². The molecule has 2 aromatic rings. The zero-order chi connectivity index (χ0) is 36.1. The number of rotatable bonds is 7. The second-order valence-corrected chi connectivity index (χ2v) is 16.8. The summed E-state index contributed by atoms with van der Waals surface area (Å²) in [5.74, 6) is -1.13. The molecule has 1 heterocycles. The monoisotopic (exact) mass is 771 g/mol. The minimum absolute atomic E-state index is 0.0801. The highest BCUT2D eigenvalue weighted by Gasteiger charge is 2.73. The number of likely N-dealkylation sites (tertiary alicyclic amines) is 1. The SMILES string of the molecule is CCC1(C(=O)N2CCC(c3ccc(C(F)(C(F)(F)F)C(F)(F)F)cc3)(S(=O)(=O)c3cccc(Br)c3)C2)CCC(C(=O)OC(C)(C)C)CC1. The fourth-order valence-corrected chi connectivity index (χ4v) is 9.44. The molecule has 1 saturated carbocycles. The summed E-state index contributed by atoms with van der Waals surface area (Å²) in [6.45, 7) is 6.55. The van der Waals surface area contributed by atoms with Crippen molar-refractivity contribution >= 4 is 37.6 Å². The molecule has 0 bridgehead atoms. The number of sulfone groups is 1. The van der Waals surface area contributed by atoms with E-state index in [1.807, 2.05) is 6.92 Å². The predicted molar refractivity (Wildman–Crippen MR) is 166 cm³/mol. The summed E-state index contributed by atoms with van der Waals surface area (Å²) in [6.07, 6.45) is -11.1. The van der Waals surface area contributed by atoms with Crippen LogP contribution < -0.4 is 0 Å². The van der Waals surface area contributed by atoms with Crippen LogP contribution in [0.25, 0.3) is 0 Å². The Kier molecular flexibility index (Phi) is 10.2. The van der Waals surface area contributed by atoms with Gasteiger partial charge in [-0.25, -0.2) is 12.8 Å². The van der Waals surface area contributed by atoms with Crippen molar-refractivity contribution in [3.8, 4) is 0 Å². The third-order valence-electron chi connectivity index (χ3n) is 9.54. The summed E-state index contributed by atoms with van der Waals surface area (Å²) in [4.78, 5) is 28.1. The molecule has 2 aliphatic rings. The van der Waals surface area contributed by atoms with E-state index in [4.69, 9.17) is 4.74 Å². The smallest absolute Gasteiger partial charge is 0.435 e. The number of halogens is 8. The first kappa shape index (κ1) is 38.1. The Morgan fingerprint density at radius 2 is 1.48 bits per heavy atom. The fourth-order valence-electron chi connectivity index (χ4n) is 6.76. The lowest BCUT2D eigenvalue weighted by Gasteiger charge is -2.41. The number of esters is 1. The molecule has 2 fully saturated rings. The first-order valence-electron chi connectivity index (χ1n) is 15.4. The highest BCUT2D eigenvalue weighted by atomic mass is 79.9. The molecule has 1 amide bonds. The van der Waals surface area contributed by atoms with Crippen LogP contribution >= 0.6 is 15.9 Å². The maximum absolute atomic E-state index is 14.8. The van der Waals surface area contributed by atoms with Crippen LogP contribution in [0.15, 0.2) is 57.9 Å². The molecule has 4 rings (SSSR count). The van der Waals surface area contributed by atoms with Crippen LogP contribution in [0.3, 0.4) is 0 Å². The lowest BCUT2D eigenvalue weighted by Crippen LogP contribution is -2.50. The second kappa shape index (κ2) is 12.9. The standard InChI is InChI=1S/C33H37BrF7NO5S/c1-5-29(15-13-21(14-16-29)26(43)47-28(2,3)4)27(44)42-18-17-30(20-42,48(45,46)25-8-6-7-24(34)19-25)22-9-11-23(12-10-22)31(35,32(36,37)38)33(39,40)41/h6-12,19,21H,5,13-18,20H2,1-4H3. The second-order valence-electron chi connectivity index (χ2n) is 13.6. The van der Waals surface area contributed by atoms with Gasteiger partial charge in [-0.15, -0.1) is 0 Å². The van der Waals surface area contributed by atoms with Gasteiger partial charge in [0.15, 0.2) is 9.84 Å². The third-order valence-corrected chi connectivity index (χ3v) is 12.5. The molecule has 1 atom stereocenters. The van der Waals surface area contributed by atoms with Crippen LogP contribution in [-0.4, -0.2) is 56.2 Å². The molecule has 2 aromatic carbocycles. The summed E-state index contributed by atoms with van der Waals surface area (Å²) >= 11 is 3.22. The molecular formula is C33H37BrF7NO5S. The molecular weight excluding hydrogens is 735 g/mol. The van der Waals surface area contributed by atoms with Crippen LogP contribution in [0, 0.1) is 11.3 Å². The van der Waals surface area contributed by atoms with Gasteiger partial charge in [0.2, 0.25) is 5.91 Å². The van der Waals surface area contributed by atoms with Crippen LogP contribution in [0.1, 0.15) is 77.3 Å². The summed E-state index contributed by atoms with van der Waals surface area (Å²) in [5, 5.41) is 0. The molecule has 1 aliphatic carbocycles. The number of hydrogen-bond acceptors (Lipinski definition) is 5. The van der Waals surface area contributed by atoms with Gasteiger partial charge in [-0.3, -0.25) is 9.59 Å². The molecule has 0 radical (unpaired) electrons. The number of alkyl halides is 7. The molecule has 0 spiro atoms. The normalized spacial score (nSPS) is 24.4. The molecule has 6 nitrogen and oxygen atoms in total. The van der Waals surface area contributed by atoms with Gasteiger partial charge < -0.3 is 9.64 Å². The maximum atomic E-state index is 14.8. The quantitative estimate of drug-likeness (QED) is 0.208. The molecule has 0 aromatic heterocycles. The molecule has 1 aliphatic heterocycles. The zero-order valence-electron chi connectivity index (χ0n) is 26.8. The summed E-state index contributed by atoms with van der Waals surface area (Å²) in [6, 6.07) is 7.73. The van der Waals surface area contributed by atoms with Crippen molar-refractivity contribution in [2.24, 2.45) is 11.3 Å². The third kappa shape index (κ3) is 6.74. The van der Waals surface area contributed by atoms with E-state index >= 15 is 0 Å². The molecule has 266 valence electrons. The van der Waals surface area contributed by atoms with E-state index in [1.54, 1.807) is 26.8 Å². The number of benzene rings is 2. The van der Waals surface area contributed by atoms with E-state index < -0.39 is 61.6 Å². The van der Waals surface area contributed by atoms with Crippen molar-refractivity contribution in [1.29, 1.82) is 0 Å². The van der Waals surface area contributed by atoms with E-state index in [-0.39, 0.29) is 35.3 Å². The Bertz CT molecular complexity index is 1620. The van der Waals surface area contributed by atoms with Crippen LogP contribution in [0.5, 0.6) is 0 Å². The number of ether oxygens (including phenoxy) is 1. The van der Waals surface area contributed by atoms with Gasteiger partial charge in [0.25, 0.3) is 0 Å². The Morgan fingerprint density at radius 1 is 0.917 bits per heavy atom. The molecule has 48 heavy (non-hydrogen) atoms. The lowest BCUT2D eigenvalue weighted by atomic mass is 9.68. The average molecular weight is 773 g/mol. The number of nitrogens with zero attached hydrogens (tertiary/aromatic N) is 1. The molecule has 1 unspecified atom stereocenters. The van der Waals surface area contributed by atoms with Gasteiger partial charge in [-0.05, 0) is 83.1 Å². The molecule has 15 heteroatoms. The number of carbonyl (C=O) groups is 2. The van der Waals surface area contributed by atoms with E-state index in [1.165, 1.54) is 23.1 Å². The zero-order valence-corrected chi connectivity index (χ0v) is 29.2. The predicted octanol–water partition coefficient (Wildman–Crippen LogP) is 8.57. The Hall–Kier alpha value is -2.68. The number of amides is 1. The minimum atomic E-state index is -6.35. The fraction of sp³-hybridized carbons (Fsp3) is 0.576. The van der Waals surface area contributed by atoms with E-state index in [0.29, 0.717) is 48.7 Å². The van der Waals surface area contributed by atoms with Crippen LogP contribution in [0.2, 0.25) is 0 Å². The van der Waals surface area contributed by atoms with Gasteiger partial charge in [-0.1, -0.05) is 53.2 Å². The maximum Gasteiger partial charge on any atom is 0.435 e. The lowest BCUT2D eigenvalue weighted by molar-refractivity contribution is -0.348. The Balaban J connectivity index is 1.73. The van der Waals surface area contributed by atoms with Crippen molar-refractivity contribution in [2.75, 3.05) is 13.1 Å². The molecule has 0 N–H and O–H groups in total. The van der Waals surface area contributed by atoms with Crippen molar-refractivity contribution < 1.29 is 53.5 Å². The number of carbonyl (C=O) groups excluding carboxylic acids is 2. The first-order valence-corrected chi connectivity index (χ1v) is 17.7. The Morgan fingerprint density at radius 3 is 1.96 bits per heavy atom. The van der Waals surface area contributed by atoms with Gasteiger partial charge >= 0.3 is 24.0 Å². The van der Waals surface area contributed by atoms with Gasteiger partial charge in [0, 0.05) is 28.5 Å². The van der Waals surface area contributed by atoms with Crippen LogP contribution in [-0.2, 0) is 34.6 Å². The topological polar surface area (TPSA) is 80.8 Å². The minimum Gasteiger partial charge on any atom is -0.460 e. The van der Waals surface area contributed by atoms with Crippen molar-refractivity contribution in [3.63, 3.8) is 0 Å². The van der Waals surface area contributed by atoms with E-state index in [0.717, 1.165) is 12.1 Å². The summed E-state index contributed by atoms with van der Waals surface area (Å²) < 4.78 is 128. The van der Waals surface area contributed by atoms with Crippen molar-refractivity contribution in [2.45, 2.75) is 99.5 Å². The van der Waals surface area contributed by atoms with Crippen LogP contribution in [0.4, 0.5) is 30.7 Å². The van der Waals surface area contributed by atoms with Crippen molar-refractivity contribution in [3.05, 3.63) is 64.1 Å². The van der Waals surface area contributed by atoms with E-state index in [9.17, 15) is 48.7 Å². The van der Waals surface area contributed by atoms with Gasteiger partial charge in [-0.2, -0.15) is 26.3 Å². The summed E-state index contributed by atoms with van der Waals surface area (Å²) in [7, 11) is -4.47. The first-order chi connectivity index (χ1) is 21.9. The highest BCUT2D eigenvalue weighted by molar-refractivity contribution is 9.10. The highest BCUT2D eigenvalue weighted by Crippen LogP contribution is 2.54.